The molecule has 6 amide bonds. The highest BCUT2D eigenvalue weighted by Crippen LogP contribution is 2.27. The smallest absolute Gasteiger partial charge is 0.328 e. The molecular formula is C62H65N9O17S3. The summed E-state index contributed by atoms with van der Waals surface area (Å²) in [6, 6.07) is 40.2. The quantitative estimate of drug-likeness (QED) is 0.0287. The molecule has 26 nitrogen and oxygen atoms in total. The molecule has 0 bridgehead atoms. The van der Waals surface area contributed by atoms with E-state index in [0.29, 0.717) is 63.4 Å². The maximum Gasteiger partial charge on any atom is 0.328 e. The van der Waals surface area contributed by atoms with Crippen LogP contribution in [0, 0.1) is 0 Å². The first-order valence-corrected chi connectivity index (χ1v) is 30.1. The first kappa shape index (κ1) is 71.5. The Kier molecular flexibility index (Phi) is 30.0. The third-order valence-corrected chi connectivity index (χ3v) is 15.2. The molecule has 29 heteroatoms. The zero-order chi connectivity index (χ0) is 66.1. The Labute approximate surface area is 535 Å². The maximum atomic E-state index is 11.6. The Balaban J connectivity index is 0.000000221. The number of nitrogens with zero attached hydrogens (tertiary/aromatic N) is 6. The van der Waals surface area contributed by atoms with E-state index in [4.69, 9.17) is 34.6 Å². The van der Waals surface area contributed by atoms with E-state index in [-0.39, 0.29) is 49.2 Å². The summed E-state index contributed by atoms with van der Waals surface area (Å²) in [5, 5.41) is 36.3. The average molecular weight is 1300 g/mol. The van der Waals surface area contributed by atoms with Crippen molar-refractivity contribution >= 4 is 110 Å². The average Bonchev–Trinajstić information content (AvgIpc) is 2.85. The van der Waals surface area contributed by atoms with E-state index in [1.54, 1.807) is 18.6 Å². The Morgan fingerprint density at radius 1 is 0.407 bits per heavy atom. The van der Waals surface area contributed by atoms with Crippen LogP contribution in [0.1, 0.15) is 16.7 Å². The second-order valence-electron chi connectivity index (χ2n) is 19.1. The van der Waals surface area contributed by atoms with Gasteiger partial charge >= 0.3 is 23.9 Å². The Hall–Kier alpha value is -10.3. The molecular weight excluding hydrogens is 1240 g/mol. The lowest BCUT2D eigenvalue weighted by Crippen LogP contribution is -2.25. The van der Waals surface area contributed by atoms with Crippen molar-refractivity contribution in [3.05, 3.63) is 187 Å². The molecule has 6 heterocycles. The number of likely N-dealkylation sites (N-methyl/N-ethyl adjacent to an activating group) is 3. The van der Waals surface area contributed by atoms with Gasteiger partial charge < -0.3 is 49.3 Å². The molecule has 3 saturated heterocycles. The van der Waals surface area contributed by atoms with Crippen molar-refractivity contribution < 1.29 is 82.6 Å². The second-order valence-corrected chi connectivity index (χ2v) is 22.6. The monoisotopic (exact) mass is 1300 g/mol. The fraction of sp³-hybridized carbons (Fsp3) is 0.242. The Morgan fingerprint density at radius 3 is 0.835 bits per heavy atom. The molecule has 3 aliphatic heterocycles. The van der Waals surface area contributed by atoms with Crippen molar-refractivity contribution in [1.29, 1.82) is 0 Å². The number of aliphatic carboxylic acids is 4. The minimum atomic E-state index is -1.26. The lowest BCUT2D eigenvalue weighted by atomic mass is 10.1. The minimum Gasteiger partial charge on any atom is -0.492 e. The molecule has 9 rings (SSSR count). The van der Waals surface area contributed by atoms with Gasteiger partial charge in [-0.25, -0.2) is 34.1 Å². The maximum absolute atomic E-state index is 11.6. The van der Waals surface area contributed by atoms with Crippen LogP contribution in [0.2, 0.25) is 0 Å². The van der Waals surface area contributed by atoms with Gasteiger partial charge in [0.25, 0.3) is 15.7 Å². The standard InChI is InChI=1S/3C18H19N3O3S.2C4H4O4/c3*1-21(16-4-2-3-9-19-16)10-11-24-14-7-5-13(6-8-14)12-15-17(22)20-18(23)25-15;2*5-3(6)1-2-4(7)8/h3*2-9,15H,10-12H2,1H3,(H,20,22,23);2*1-2H,(H,5,6)(H,7,8)/b;;;2*2-1-. The van der Waals surface area contributed by atoms with E-state index in [2.05, 4.69) is 30.9 Å². The summed E-state index contributed by atoms with van der Waals surface area (Å²) < 4.78 is 17.3. The number of hydrogen-bond donors (Lipinski definition) is 7. The highest BCUT2D eigenvalue weighted by Gasteiger charge is 2.33. The fourth-order valence-electron chi connectivity index (χ4n) is 7.66. The Morgan fingerprint density at radius 2 is 0.648 bits per heavy atom. The summed E-state index contributed by atoms with van der Waals surface area (Å²) in [5.74, 6) is -0.628. The molecule has 0 aliphatic carbocycles. The van der Waals surface area contributed by atoms with Crippen LogP contribution in [0.5, 0.6) is 17.2 Å². The molecule has 6 aromatic rings. The number of carboxylic acids is 4. The lowest BCUT2D eigenvalue weighted by Gasteiger charge is -2.18. The molecule has 3 fully saturated rings. The number of carbonyl (C=O) groups excluding carboxylic acids is 6. The van der Waals surface area contributed by atoms with E-state index in [1.165, 1.54) is 0 Å². The number of anilines is 3. The normalized spacial score (nSPS) is 15.4. The molecule has 0 spiro atoms. The van der Waals surface area contributed by atoms with Gasteiger partial charge in [-0.15, -0.1) is 0 Å². The van der Waals surface area contributed by atoms with Crippen LogP contribution in [-0.2, 0) is 52.8 Å². The van der Waals surface area contributed by atoms with Crippen LogP contribution in [-0.4, -0.2) is 169 Å². The highest BCUT2D eigenvalue weighted by atomic mass is 32.2. The lowest BCUT2D eigenvalue weighted by molar-refractivity contribution is -0.134. The number of ether oxygens (including phenoxy) is 3. The number of thioether (sulfide) groups is 3. The van der Waals surface area contributed by atoms with Crippen LogP contribution >= 0.6 is 35.3 Å². The predicted molar refractivity (Wildman–Crippen MR) is 343 cm³/mol. The summed E-state index contributed by atoms with van der Waals surface area (Å²) >= 11 is 3.14. The van der Waals surface area contributed by atoms with Gasteiger partial charge in [-0.1, -0.05) is 89.9 Å². The summed E-state index contributed by atoms with van der Waals surface area (Å²) in [6.45, 7) is 3.80. The van der Waals surface area contributed by atoms with Crippen LogP contribution in [0.25, 0.3) is 0 Å². The number of amides is 6. The van der Waals surface area contributed by atoms with E-state index in [1.807, 2.05) is 163 Å². The third-order valence-electron chi connectivity index (χ3n) is 12.3. The number of imide groups is 3. The van der Waals surface area contributed by atoms with Crippen molar-refractivity contribution in [1.82, 2.24) is 30.9 Å². The van der Waals surface area contributed by atoms with Crippen molar-refractivity contribution in [2.75, 3.05) is 75.3 Å². The van der Waals surface area contributed by atoms with Crippen molar-refractivity contribution in [2.45, 2.75) is 35.0 Å². The number of carboxylic acid groups (broad SMARTS) is 4. The fourth-order valence-corrected chi connectivity index (χ4v) is 10.2. The van der Waals surface area contributed by atoms with E-state index >= 15 is 0 Å². The predicted octanol–water partition coefficient (Wildman–Crippen LogP) is 6.90. The van der Waals surface area contributed by atoms with E-state index in [9.17, 15) is 47.9 Å². The Bertz CT molecular complexity index is 3080. The van der Waals surface area contributed by atoms with Gasteiger partial charge in [-0.2, -0.15) is 0 Å². The zero-order valence-corrected chi connectivity index (χ0v) is 51.7. The van der Waals surface area contributed by atoms with Crippen molar-refractivity contribution in [3.63, 3.8) is 0 Å². The number of hydrogen-bond acceptors (Lipinski definition) is 22. The third kappa shape index (κ3) is 27.8. The summed E-state index contributed by atoms with van der Waals surface area (Å²) in [6.07, 6.45) is 9.13. The largest absolute Gasteiger partial charge is 0.492 e. The van der Waals surface area contributed by atoms with Crippen LogP contribution in [0.3, 0.4) is 0 Å². The molecule has 7 N–H and O–H groups in total. The van der Waals surface area contributed by atoms with Crippen LogP contribution in [0.4, 0.5) is 31.8 Å². The van der Waals surface area contributed by atoms with Crippen LogP contribution < -0.4 is 44.9 Å². The van der Waals surface area contributed by atoms with Gasteiger partial charge in [0, 0.05) is 64.0 Å². The molecule has 3 aliphatic rings. The molecule has 0 radical (unpaired) electrons. The van der Waals surface area contributed by atoms with E-state index in [0.717, 1.165) is 106 Å². The number of benzene rings is 3. The van der Waals surface area contributed by atoms with Gasteiger partial charge in [0.1, 0.15) is 54.5 Å². The summed E-state index contributed by atoms with van der Waals surface area (Å²) in [4.78, 5) is 125. The minimum absolute atomic E-state index is 0.215. The first-order valence-electron chi connectivity index (χ1n) is 27.4. The summed E-state index contributed by atoms with van der Waals surface area (Å²) in [5.41, 5.74) is 3.00. The van der Waals surface area contributed by atoms with Crippen molar-refractivity contribution in [2.24, 2.45) is 0 Å². The first-order chi connectivity index (χ1) is 43.6. The second kappa shape index (κ2) is 38.2. The molecule has 3 aromatic carbocycles. The molecule has 478 valence electrons. The molecule has 3 aromatic heterocycles. The summed E-state index contributed by atoms with van der Waals surface area (Å²) in [7, 11) is 5.92. The van der Waals surface area contributed by atoms with Crippen molar-refractivity contribution in [3.8, 4) is 17.2 Å². The van der Waals surface area contributed by atoms with E-state index < -0.39 is 23.9 Å². The topological polar surface area (TPSA) is 364 Å². The number of rotatable bonds is 25. The van der Waals surface area contributed by atoms with Gasteiger partial charge in [-0.05, 0) is 109 Å². The molecule has 0 saturated carbocycles. The number of nitrogens with one attached hydrogen (secondary N) is 3. The molecule has 3 atom stereocenters. The van der Waals surface area contributed by atoms with Gasteiger partial charge in [0.15, 0.2) is 0 Å². The van der Waals surface area contributed by atoms with Crippen LogP contribution in [0.15, 0.2) is 170 Å². The number of aromatic nitrogens is 3. The number of carbonyl (C=O) groups is 10. The van der Waals surface area contributed by atoms with Gasteiger partial charge in [0.2, 0.25) is 17.7 Å². The molecule has 91 heavy (non-hydrogen) atoms. The SMILES string of the molecule is CN(CCOc1ccc(CC2SC(=O)NC2=O)cc1)c1ccccn1.CN(CCOc1ccc(CC2SC(=O)NC2=O)cc1)c1ccccn1.CN(CCOc1ccc(CC2SC(=O)NC2=O)cc1)c1ccccn1.O=C(O)/C=C\C(=O)O.O=C(O)/C=C\C(=O)O. The van der Waals surface area contributed by atoms with Gasteiger partial charge in [-0.3, -0.25) is 44.7 Å². The van der Waals surface area contributed by atoms with Gasteiger partial charge in [0.05, 0.1) is 35.4 Å². The molecule has 3 unspecified atom stereocenters. The zero-order valence-electron chi connectivity index (χ0n) is 49.3. The number of pyridine rings is 3. The highest BCUT2D eigenvalue weighted by molar-refractivity contribution is 8.16.